The Morgan fingerprint density at radius 2 is 2.33 bits per heavy atom. The van der Waals surface area contributed by atoms with Crippen molar-refractivity contribution in [1.29, 1.82) is 0 Å². The summed E-state index contributed by atoms with van der Waals surface area (Å²) in [5.74, 6) is 0.135. The van der Waals surface area contributed by atoms with Gasteiger partial charge in [0.25, 0.3) is 0 Å². The number of carbonyl (C=O) groups is 1. The lowest BCUT2D eigenvalue weighted by atomic mass is 10.1. The van der Waals surface area contributed by atoms with Crippen LogP contribution in [0.4, 0.5) is 5.82 Å². The van der Waals surface area contributed by atoms with E-state index in [1.54, 1.807) is 6.20 Å². The highest BCUT2D eigenvalue weighted by molar-refractivity contribution is 5.78. The number of hydrogen-bond acceptors (Lipinski definition) is 3. The van der Waals surface area contributed by atoms with Gasteiger partial charge in [0, 0.05) is 19.8 Å². The molecule has 1 saturated carbocycles. The van der Waals surface area contributed by atoms with Crippen molar-refractivity contribution in [2.75, 3.05) is 18.5 Å². The second kappa shape index (κ2) is 3.53. The van der Waals surface area contributed by atoms with Crippen molar-refractivity contribution in [3.05, 3.63) is 24.4 Å². The van der Waals surface area contributed by atoms with Crippen LogP contribution in [0.3, 0.4) is 0 Å². The largest absolute Gasteiger partial charge is 0.481 e. The van der Waals surface area contributed by atoms with E-state index in [0.29, 0.717) is 6.54 Å². The average Bonchev–Trinajstić information content (AvgIpc) is 3.00. The summed E-state index contributed by atoms with van der Waals surface area (Å²) in [7, 11) is 1.88. The van der Waals surface area contributed by atoms with Crippen LogP contribution in [0.1, 0.15) is 12.8 Å². The highest BCUT2D eigenvalue weighted by Gasteiger charge is 2.51. The summed E-state index contributed by atoms with van der Waals surface area (Å²) in [6, 6.07) is 5.64. The molecule has 1 heterocycles. The third kappa shape index (κ3) is 1.93. The maximum atomic E-state index is 11.0. The molecular formula is C11H14N2O2. The number of pyridine rings is 1. The molecule has 0 saturated heterocycles. The second-order valence-electron chi connectivity index (χ2n) is 4.13. The van der Waals surface area contributed by atoms with Gasteiger partial charge in [-0.25, -0.2) is 4.98 Å². The molecule has 0 unspecified atom stereocenters. The number of rotatable bonds is 4. The number of anilines is 1. The normalized spacial score (nSPS) is 17.1. The number of nitrogens with zero attached hydrogens (tertiary/aromatic N) is 2. The van der Waals surface area contributed by atoms with Crippen molar-refractivity contribution in [2.45, 2.75) is 12.8 Å². The molecule has 1 N–H and O–H groups in total. The van der Waals surface area contributed by atoms with Gasteiger partial charge < -0.3 is 10.0 Å². The Morgan fingerprint density at radius 3 is 2.80 bits per heavy atom. The first-order valence-electron chi connectivity index (χ1n) is 5.00. The van der Waals surface area contributed by atoms with E-state index in [9.17, 15) is 4.79 Å². The molecule has 1 aliphatic carbocycles. The van der Waals surface area contributed by atoms with Crippen molar-refractivity contribution < 1.29 is 9.90 Å². The molecule has 4 nitrogen and oxygen atoms in total. The maximum Gasteiger partial charge on any atom is 0.311 e. The topological polar surface area (TPSA) is 53.4 Å². The predicted octanol–water partition coefficient (Wildman–Crippen LogP) is 1.38. The molecule has 80 valence electrons. The first-order valence-corrected chi connectivity index (χ1v) is 5.00. The summed E-state index contributed by atoms with van der Waals surface area (Å²) in [6.07, 6.45) is 3.27. The van der Waals surface area contributed by atoms with Crippen LogP contribution in [0, 0.1) is 5.41 Å². The molecular weight excluding hydrogens is 192 g/mol. The van der Waals surface area contributed by atoms with E-state index in [1.807, 2.05) is 30.1 Å². The smallest absolute Gasteiger partial charge is 0.311 e. The summed E-state index contributed by atoms with van der Waals surface area (Å²) < 4.78 is 0. The molecule has 0 amide bonds. The van der Waals surface area contributed by atoms with Crippen LogP contribution < -0.4 is 4.90 Å². The van der Waals surface area contributed by atoms with Gasteiger partial charge in [-0.3, -0.25) is 4.79 Å². The van der Waals surface area contributed by atoms with Crippen LogP contribution in [-0.2, 0) is 4.79 Å². The van der Waals surface area contributed by atoms with Crippen LogP contribution in [0.25, 0.3) is 0 Å². The Balaban J connectivity index is 2.05. The summed E-state index contributed by atoms with van der Waals surface area (Å²) in [4.78, 5) is 17.1. The van der Waals surface area contributed by atoms with E-state index in [-0.39, 0.29) is 0 Å². The van der Waals surface area contributed by atoms with Gasteiger partial charge >= 0.3 is 5.97 Å². The van der Waals surface area contributed by atoms with Gasteiger partial charge in [0.2, 0.25) is 0 Å². The molecule has 1 aromatic rings. The van der Waals surface area contributed by atoms with Crippen LogP contribution in [-0.4, -0.2) is 29.7 Å². The van der Waals surface area contributed by atoms with Crippen LogP contribution in [0.15, 0.2) is 24.4 Å². The van der Waals surface area contributed by atoms with E-state index in [1.165, 1.54) is 0 Å². The third-order valence-corrected chi connectivity index (χ3v) is 2.89. The van der Waals surface area contributed by atoms with Crippen molar-refractivity contribution in [2.24, 2.45) is 5.41 Å². The number of aliphatic carboxylic acids is 1. The standard InChI is InChI=1S/C11H14N2O2/c1-13(9-4-2-3-7-12-9)8-11(5-6-11)10(14)15/h2-4,7H,5-6,8H2,1H3,(H,14,15). The maximum absolute atomic E-state index is 11.0. The molecule has 0 spiro atoms. The highest BCUT2D eigenvalue weighted by atomic mass is 16.4. The van der Waals surface area contributed by atoms with Crippen LogP contribution in [0.2, 0.25) is 0 Å². The summed E-state index contributed by atoms with van der Waals surface area (Å²) in [5.41, 5.74) is -0.522. The third-order valence-electron chi connectivity index (χ3n) is 2.89. The highest BCUT2D eigenvalue weighted by Crippen LogP contribution is 2.46. The number of hydrogen-bond donors (Lipinski definition) is 1. The van der Waals surface area contributed by atoms with Crippen molar-refractivity contribution in [3.8, 4) is 0 Å². The molecule has 1 aliphatic rings. The fourth-order valence-electron chi connectivity index (χ4n) is 1.71. The van der Waals surface area contributed by atoms with Crippen LogP contribution >= 0.6 is 0 Å². The van der Waals surface area contributed by atoms with Gasteiger partial charge in [0.1, 0.15) is 5.82 Å². The molecule has 0 atom stereocenters. The molecule has 4 heteroatoms. The first kappa shape index (κ1) is 9.96. The Labute approximate surface area is 88.6 Å². The molecule has 15 heavy (non-hydrogen) atoms. The van der Waals surface area contributed by atoms with E-state index in [0.717, 1.165) is 18.7 Å². The lowest BCUT2D eigenvalue weighted by molar-refractivity contribution is -0.142. The minimum absolute atomic E-state index is 0.522. The summed E-state index contributed by atoms with van der Waals surface area (Å²) >= 11 is 0. The molecule has 1 aromatic heterocycles. The summed E-state index contributed by atoms with van der Waals surface area (Å²) in [5, 5.41) is 9.05. The zero-order chi connectivity index (χ0) is 10.9. The van der Waals surface area contributed by atoms with Gasteiger partial charge in [-0.15, -0.1) is 0 Å². The minimum Gasteiger partial charge on any atom is -0.481 e. The zero-order valence-corrected chi connectivity index (χ0v) is 8.68. The first-order chi connectivity index (χ1) is 7.14. The Hall–Kier alpha value is -1.58. The fraction of sp³-hybridized carbons (Fsp3) is 0.455. The lowest BCUT2D eigenvalue weighted by Crippen LogP contribution is -2.32. The molecule has 0 radical (unpaired) electrons. The minimum atomic E-state index is -0.690. The van der Waals surface area contributed by atoms with Gasteiger partial charge in [-0.05, 0) is 25.0 Å². The van der Waals surface area contributed by atoms with Gasteiger partial charge in [-0.2, -0.15) is 0 Å². The number of aromatic nitrogens is 1. The zero-order valence-electron chi connectivity index (χ0n) is 8.68. The molecule has 0 bridgehead atoms. The van der Waals surface area contributed by atoms with E-state index >= 15 is 0 Å². The van der Waals surface area contributed by atoms with Crippen molar-refractivity contribution in [3.63, 3.8) is 0 Å². The van der Waals surface area contributed by atoms with Crippen molar-refractivity contribution >= 4 is 11.8 Å². The number of carboxylic acid groups (broad SMARTS) is 1. The lowest BCUT2D eigenvalue weighted by Gasteiger charge is -2.21. The Kier molecular flexibility index (Phi) is 2.34. The second-order valence-corrected chi connectivity index (χ2v) is 4.13. The quantitative estimate of drug-likeness (QED) is 0.808. The molecule has 0 aliphatic heterocycles. The van der Waals surface area contributed by atoms with E-state index in [4.69, 9.17) is 5.11 Å². The van der Waals surface area contributed by atoms with Gasteiger partial charge in [0.15, 0.2) is 0 Å². The van der Waals surface area contributed by atoms with Crippen LogP contribution in [0.5, 0.6) is 0 Å². The Morgan fingerprint density at radius 1 is 1.60 bits per heavy atom. The molecule has 1 fully saturated rings. The number of carboxylic acids is 1. The van der Waals surface area contributed by atoms with Gasteiger partial charge in [0.05, 0.1) is 5.41 Å². The van der Waals surface area contributed by atoms with E-state index < -0.39 is 11.4 Å². The average molecular weight is 206 g/mol. The fourth-order valence-corrected chi connectivity index (χ4v) is 1.71. The molecule has 0 aromatic carbocycles. The van der Waals surface area contributed by atoms with Gasteiger partial charge in [-0.1, -0.05) is 6.07 Å². The SMILES string of the molecule is CN(CC1(C(=O)O)CC1)c1ccccn1. The monoisotopic (exact) mass is 206 g/mol. The van der Waals surface area contributed by atoms with Crippen molar-refractivity contribution in [1.82, 2.24) is 4.98 Å². The van der Waals surface area contributed by atoms with E-state index in [2.05, 4.69) is 4.98 Å². The summed E-state index contributed by atoms with van der Waals surface area (Å²) in [6.45, 7) is 0.541. The predicted molar refractivity (Wildman–Crippen MR) is 56.8 cm³/mol. The molecule has 2 rings (SSSR count). The Bertz CT molecular complexity index is 360.